The van der Waals surface area contributed by atoms with Crippen LogP contribution in [0.5, 0.6) is 0 Å². The first kappa shape index (κ1) is 10.1. The average molecular weight is 223 g/mol. The number of hydrogen-bond acceptors (Lipinski definition) is 3. The fourth-order valence-corrected chi connectivity index (χ4v) is 1.70. The standard InChI is InChI=1S/C10H11ClN4/c1-6-4-9(11)12-13-10(6)15-8(3)5-7(2)14-15/h4-5H,1-3H3. The van der Waals surface area contributed by atoms with Gasteiger partial charge in [-0.15, -0.1) is 10.2 Å². The van der Waals surface area contributed by atoms with Gasteiger partial charge in [-0.25, -0.2) is 4.68 Å². The van der Waals surface area contributed by atoms with Gasteiger partial charge < -0.3 is 0 Å². The monoisotopic (exact) mass is 222 g/mol. The highest BCUT2D eigenvalue weighted by Crippen LogP contribution is 2.15. The number of hydrogen-bond donors (Lipinski definition) is 0. The van der Waals surface area contributed by atoms with Crippen molar-refractivity contribution in [3.05, 3.63) is 34.2 Å². The highest BCUT2D eigenvalue weighted by atomic mass is 35.5. The zero-order chi connectivity index (χ0) is 11.0. The Morgan fingerprint density at radius 2 is 1.87 bits per heavy atom. The fourth-order valence-electron chi connectivity index (χ4n) is 1.50. The van der Waals surface area contributed by atoms with E-state index in [1.165, 1.54) is 0 Å². The lowest BCUT2D eigenvalue weighted by Gasteiger charge is -2.05. The van der Waals surface area contributed by atoms with Crippen molar-refractivity contribution in [3.63, 3.8) is 0 Å². The van der Waals surface area contributed by atoms with Crippen LogP contribution in [0, 0.1) is 20.8 Å². The molecule has 0 aliphatic carbocycles. The predicted octanol–water partition coefficient (Wildman–Crippen LogP) is 2.24. The number of rotatable bonds is 1. The third-order valence-electron chi connectivity index (χ3n) is 2.14. The van der Waals surface area contributed by atoms with Crippen LogP contribution in [0.2, 0.25) is 5.15 Å². The first-order valence-corrected chi connectivity index (χ1v) is 4.99. The summed E-state index contributed by atoms with van der Waals surface area (Å²) in [5, 5.41) is 12.6. The van der Waals surface area contributed by atoms with E-state index in [2.05, 4.69) is 15.3 Å². The van der Waals surface area contributed by atoms with E-state index < -0.39 is 0 Å². The van der Waals surface area contributed by atoms with Crippen LogP contribution in [0.4, 0.5) is 0 Å². The Hall–Kier alpha value is -1.42. The molecule has 0 radical (unpaired) electrons. The molecule has 0 aliphatic heterocycles. The van der Waals surface area contributed by atoms with Crippen molar-refractivity contribution in [1.29, 1.82) is 0 Å². The van der Waals surface area contributed by atoms with E-state index in [1.807, 2.05) is 26.8 Å². The molecule has 0 atom stereocenters. The summed E-state index contributed by atoms with van der Waals surface area (Å²) in [6.07, 6.45) is 0. The van der Waals surface area contributed by atoms with Gasteiger partial charge in [-0.05, 0) is 38.5 Å². The van der Waals surface area contributed by atoms with Crippen LogP contribution in [0.3, 0.4) is 0 Å². The molecule has 78 valence electrons. The summed E-state index contributed by atoms with van der Waals surface area (Å²) in [6.45, 7) is 5.87. The Bertz CT molecular complexity index is 504. The highest BCUT2D eigenvalue weighted by molar-refractivity contribution is 6.29. The molecule has 5 heteroatoms. The lowest BCUT2D eigenvalue weighted by atomic mass is 10.3. The second-order valence-electron chi connectivity index (χ2n) is 3.51. The minimum Gasteiger partial charge on any atom is -0.217 e. The van der Waals surface area contributed by atoms with Crippen LogP contribution in [0.25, 0.3) is 5.82 Å². The highest BCUT2D eigenvalue weighted by Gasteiger charge is 2.08. The van der Waals surface area contributed by atoms with E-state index >= 15 is 0 Å². The van der Waals surface area contributed by atoms with Crippen molar-refractivity contribution < 1.29 is 0 Å². The smallest absolute Gasteiger partial charge is 0.178 e. The van der Waals surface area contributed by atoms with Crippen molar-refractivity contribution in [2.24, 2.45) is 0 Å². The van der Waals surface area contributed by atoms with Crippen molar-refractivity contribution in [1.82, 2.24) is 20.0 Å². The molecule has 0 saturated carbocycles. The van der Waals surface area contributed by atoms with E-state index in [0.29, 0.717) is 5.15 Å². The molecule has 0 saturated heterocycles. The van der Waals surface area contributed by atoms with Gasteiger partial charge in [0.05, 0.1) is 5.69 Å². The average Bonchev–Trinajstić information content (AvgIpc) is 2.45. The van der Waals surface area contributed by atoms with Crippen molar-refractivity contribution in [2.75, 3.05) is 0 Å². The Kier molecular flexibility index (Phi) is 2.44. The topological polar surface area (TPSA) is 43.6 Å². The Morgan fingerprint density at radius 1 is 1.13 bits per heavy atom. The molecular weight excluding hydrogens is 212 g/mol. The number of aryl methyl sites for hydroxylation is 3. The van der Waals surface area contributed by atoms with Gasteiger partial charge in [0, 0.05) is 5.69 Å². The molecule has 2 heterocycles. The maximum absolute atomic E-state index is 5.75. The third kappa shape index (κ3) is 1.85. The minimum absolute atomic E-state index is 0.401. The van der Waals surface area contributed by atoms with Crippen LogP contribution in [-0.4, -0.2) is 20.0 Å². The predicted molar refractivity (Wildman–Crippen MR) is 58.4 cm³/mol. The van der Waals surface area contributed by atoms with Crippen molar-refractivity contribution in [2.45, 2.75) is 20.8 Å². The molecule has 0 N–H and O–H groups in total. The Labute approximate surface area is 92.9 Å². The van der Waals surface area contributed by atoms with Gasteiger partial charge in [-0.2, -0.15) is 5.10 Å². The molecule has 2 aromatic heterocycles. The maximum Gasteiger partial charge on any atom is 0.178 e. The first-order chi connectivity index (χ1) is 7.08. The molecule has 2 rings (SSSR count). The van der Waals surface area contributed by atoms with Gasteiger partial charge in [0.25, 0.3) is 0 Å². The summed E-state index contributed by atoms with van der Waals surface area (Å²) in [7, 11) is 0. The number of halogens is 1. The summed E-state index contributed by atoms with van der Waals surface area (Å²) in [6, 6.07) is 3.77. The van der Waals surface area contributed by atoms with Gasteiger partial charge in [0.15, 0.2) is 11.0 Å². The van der Waals surface area contributed by atoms with Crippen LogP contribution in [-0.2, 0) is 0 Å². The first-order valence-electron chi connectivity index (χ1n) is 4.61. The zero-order valence-corrected chi connectivity index (χ0v) is 9.58. The third-order valence-corrected chi connectivity index (χ3v) is 2.32. The molecule has 0 bridgehead atoms. The fraction of sp³-hybridized carbons (Fsp3) is 0.300. The van der Waals surface area contributed by atoms with E-state index in [1.54, 1.807) is 10.7 Å². The van der Waals surface area contributed by atoms with Crippen LogP contribution in [0.15, 0.2) is 12.1 Å². The van der Waals surface area contributed by atoms with E-state index in [9.17, 15) is 0 Å². The molecule has 0 aromatic carbocycles. The van der Waals surface area contributed by atoms with E-state index in [0.717, 1.165) is 22.8 Å². The lowest BCUT2D eigenvalue weighted by Crippen LogP contribution is -2.05. The summed E-state index contributed by atoms with van der Waals surface area (Å²) < 4.78 is 1.77. The molecule has 0 unspecified atom stereocenters. The minimum atomic E-state index is 0.401. The summed E-state index contributed by atoms with van der Waals surface area (Å²) in [4.78, 5) is 0. The van der Waals surface area contributed by atoms with E-state index in [4.69, 9.17) is 11.6 Å². The lowest BCUT2D eigenvalue weighted by molar-refractivity contribution is 0.774. The van der Waals surface area contributed by atoms with Crippen LogP contribution in [0.1, 0.15) is 17.0 Å². The van der Waals surface area contributed by atoms with Crippen LogP contribution >= 0.6 is 11.6 Å². The van der Waals surface area contributed by atoms with Crippen molar-refractivity contribution in [3.8, 4) is 5.82 Å². The molecule has 0 aliphatic rings. The molecule has 4 nitrogen and oxygen atoms in total. The molecule has 0 fully saturated rings. The largest absolute Gasteiger partial charge is 0.217 e. The number of nitrogens with zero attached hydrogens (tertiary/aromatic N) is 4. The van der Waals surface area contributed by atoms with Gasteiger partial charge in [0.1, 0.15) is 0 Å². The SMILES string of the molecule is Cc1cc(C)n(-c2nnc(Cl)cc2C)n1. The second-order valence-corrected chi connectivity index (χ2v) is 3.90. The molecule has 2 aromatic rings. The molecule has 0 spiro atoms. The van der Waals surface area contributed by atoms with Crippen molar-refractivity contribution >= 4 is 11.6 Å². The van der Waals surface area contributed by atoms with Gasteiger partial charge in [-0.1, -0.05) is 11.6 Å². The van der Waals surface area contributed by atoms with Gasteiger partial charge in [0.2, 0.25) is 0 Å². The van der Waals surface area contributed by atoms with Crippen LogP contribution < -0.4 is 0 Å². The zero-order valence-electron chi connectivity index (χ0n) is 8.82. The maximum atomic E-state index is 5.75. The second kappa shape index (κ2) is 3.62. The molecule has 15 heavy (non-hydrogen) atoms. The van der Waals surface area contributed by atoms with Gasteiger partial charge >= 0.3 is 0 Å². The number of aromatic nitrogens is 4. The van der Waals surface area contributed by atoms with Gasteiger partial charge in [-0.3, -0.25) is 0 Å². The summed E-state index contributed by atoms with van der Waals surface area (Å²) in [5.41, 5.74) is 2.96. The normalized spacial score (nSPS) is 10.7. The molecule has 0 amide bonds. The Balaban J connectivity index is 2.59. The Morgan fingerprint density at radius 3 is 2.40 bits per heavy atom. The van der Waals surface area contributed by atoms with E-state index in [-0.39, 0.29) is 0 Å². The summed E-state index contributed by atoms with van der Waals surface area (Å²) >= 11 is 5.75. The summed E-state index contributed by atoms with van der Waals surface area (Å²) in [5.74, 6) is 0.727. The quantitative estimate of drug-likeness (QED) is 0.743. The molecular formula is C10H11ClN4.